The fourth-order valence-corrected chi connectivity index (χ4v) is 2.73. The van der Waals surface area contributed by atoms with Gasteiger partial charge in [-0.25, -0.2) is 4.39 Å². The summed E-state index contributed by atoms with van der Waals surface area (Å²) in [4.78, 5) is 13.7. The fraction of sp³-hybridized carbons (Fsp3) is 0.500. The number of likely N-dealkylation sites (N-methyl/N-ethyl adjacent to an activating group) is 1. The molecule has 1 aromatic carbocycles. The van der Waals surface area contributed by atoms with Gasteiger partial charge < -0.3 is 21.3 Å². The number of amides is 1. The Morgan fingerprint density at radius 3 is 2.50 bits per heavy atom. The summed E-state index contributed by atoms with van der Waals surface area (Å²) in [5, 5.41) is 6.05. The molecule has 0 spiro atoms. The summed E-state index contributed by atoms with van der Waals surface area (Å²) < 4.78 is 13.3. The average molecular weight is 280 g/mol. The van der Waals surface area contributed by atoms with E-state index in [1.54, 1.807) is 20.2 Å². The standard InChI is InChI=1S/C14H21FN4O/c1-17-11-9-10(15)3-4-12(11)19-7-5-14(18-2,6-8-19)13(16)20/h3-4,9,17-18H,5-8H2,1-2H3,(H2,16,20). The van der Waals surface area contributed by atoms with Gasteiger partial charge in [0, 0.05) is 20.1 Å². The summed E-state index contributed by atoms with van der Waals surface area (Å²) >= 11 is 0. The van der Waals surface area contributed by atoms with Crippen LogP contribution in [0.5, 0.6) is 0 Å². The van der Waals surface area contributed by atoms with Crippen LogP contribution in [0.2, 0.25) is 0 Å². The smallest absolute Gasteiger partial charge is 0.237 e. The van der Waals surface area contributed by atoms with E-state index in [0.717, 1.165) is 11.4 Å². The van der Waals surface area contributed by atoms with E-state index < -0.39 is 5.54 Å². The molecule has 110 valence electrons. The highest BCUT2D eigenvalue weighted by atomic mass is 19.1. The summed E-state index contributed by atoms with van der Waals surface area (Å²) in [7, 11) is 3.53. The van der Waals surface area contributed by atoms with Crippen LogP contribution >= 0.6 is 0 Å². The van der Waals surface area contributed by atoms with Crippen LogP contribution in [0.3, 0.4) is 0 Å². The molecule has 0 aromatic heterocycles. The molecule has 0 atom stereocenters. The number of carbonyl (C=O) groups is 1. The van der Waals surface area contributed by atoms with E-state index >= 15 is 0 Å². The first kappa shape index (κ1) is 14.6. The van der Waals surface area contributed by atoms with Gasteiger partial charge in [-0.3, -0.25) is 4.79 Å². The third kappa shape index (κ3) is 2.56. The molecule has 0 saturated carbocycles. The molecule has 0 unspecified atom stereocenters. The number of anilines is 2. The maximum atomic E-state index is 13.3. The van der Waals surface area contributed by atoms with Crippen LogP contribution in [0.15, 0.2) is 18.2 Å². The van der Waals surface area contributed by atoms with E-state index in [0.29, 0.717) is 25.9 Å². The summed E-state index contributed by atoms with van der Waals surface area (Å²) in [6.07, 6.45) is 1.28. The number of hydrogen-bond donors (Lipinski definition) is 3. The third-order valence-corrected chi connectivity index (χ3v) is 4.14. The lowest BCUT2D eigenvalue weighted by atomic mass is 9.86. The molecule has 0 bridgehead atoms. The summed E-state index contributed by atoms with van der Waals surface area (Å²) in [5.41, 5.74) is 6.56. The molecule has 20 heavy (non-hydrogen) atoms. The van der Waals surface area contributed by atoms with Gasteiger partial charge in [0.15, 0.2) is 0 Å². The number of halogens is 1. The topological polar surface area (TPSA) is 70.4 Å². The normalized spacial score (nSPS) is 17.9. The molecule has 0 aliphatic carbocycles. The van der Waals surface area contributed by atoms with Gasteiger partial charge in [-0.1, -0.05) is 0 Å². The quantitative estimate of drug-likeness (QED) is 0.767. The highest BCUT2D eigenvalue weighted by Crippen LogP contribution is 2.31. The van der Waals surface area contributed by atoms with Gasteiger partial charge in [-0.2, -0.15) is 0 Å². The molecular weight excluding hydrogens is 259 g/mol. The first-order valence-corrected chi connectivity index (χ1v) is 6.73. The van der Waals surface area contributed by atoms with Crippen LogP contribution in [0, 0.1) is 5.82 Å². The van der Waals surface area contributed by atoms with E-state index in [1.165, 1.54) is 12.1 Å². The van der Waals surface area contributed by atoms with Crippen molar-refractivity contribution in [2.45, 2.75) is 18.4 Å². The number of nitrogens with two attached hydrogens (primary N) is 1. The van der Waals surface area contributed by atoms with Crippen LogP contribution in [0.1, 0.15) is 12.8 Å². The lowest BCUT2D eigenvalue weighted by molar-refractivity contribution is -0.125. The largest absolute Gasteiger partial charge is 0.386 e. The third-order valence-electron chi connectivity index (χ3n) is 4.14. The highest BCUT2D eigenvalue weighted by Gasteiger charge is 2.38. The maximum Gasteiger partial charge on any atom is 0.237 e. The number of rotatable bonds is 4. The molecule has 1 amide bonds. The number of carbonyl (C=O) groups excluding carboxylic acids is 1. The molecule has 6 heteroatoms. The number of nitrogens with zero attached hydrogens (tertiary/aromatic N) is 1. The Bertz CT molecular complexity index is 498. The second kappa shape index (κ2) is 5.66. The Labute approximate surface area is 118 Å². The van der Waals surface area contributed by atoms with Gasteiger partial charge in [-0.05, 0) is 38.1 Å². The van der Waals surface area contributed by atoms with Crippen molar-refractivity contribution in [1.82, 2.24) is 5.32 Å². The van der Waals surface area contributed by atoms with Gasteiger partial charge >= 0.3 is 0 Å². The van der Waals surface area contributed by atoms with E-state index in [4.69, 9.17) is 5.73 Å². The molecule has 1 aliphatic heterocycles. The van der Waals surface area contributed by atoms with E-state index in [9.17, 15) is 9.18 Å². The van der Waals surface area contributed by atoms with Crippen LogP contribution in [-0.2, 0) is 4.79 Å². The summed E-state index contributed by atoms with van der Waals surface area (Å²) in [5.74, 6) is -0.579. The molecule has 1 heterocycles. The highest BCUT2D eigenvalue weighted by molar-refractivity contribution is 5.85. The monoisotopic (exact) mass is 280 g/mol. The minimum absolute atomic E-state index is 0.267. The Kier molecular flexibility index (Phi) is 4.13. The first-order valence-electron chi connectivity index (χ1n) is 6.73. The van der Waals surface area contributed by atoms with Gasteiger partial charge in [0.1, 0.15) is 11.4 Å². The Hall–Kier alpha value is -1.82. The molecule has 5 nitrogen and oxygen atoms in total. The van der Waals surface area contributed by atoms with Crippen LogP contribution in [-0.4, -0.2) is 38.6 Å². The van der Waals surface area contributed by atoms with Crippen molar-refractivity contribution in [2.75, 3.05) is 37.4 Å². The minimum atomic E-state index is -0.629. The number of primary amides is 1. The minimum Gasteiger partial charge on any atom is -0.386 e. The van der Waals surface area contributed by atoms with Gasteiger partial charge in [0.2, 0.25) is 5.91 Å². The van der Waals surface area contributed by atoms with Gasteiger partial charge in [0.05, 0.1) is 11.4 Å². The molecule has 2 rings (SSSR count). The van der Waals surface area contributed by atoms with E-state index in [2.05, 4.69) is 15.5 Å². The second-order valence-electron chi connectivity index (χ2n) is 5.09. The van der Waals surface area contributed by atoms with Crippen molar-refractivity contribution in [3.63, 3.8) is 0 Å². The van der Waals surface area contributed by atoms with Crippen molar-refractivity contribution in [3.8, 4) is 0 Å². The van der Waals surface area contributed by atoms with Crippen molar-refractivity contribution in [1.29, 1.82) is 0 Å². The molecule has 1 aromatic rings. The molecule has 1 fully saturated rings. The Morgan fingerprint density at radius 2 is 2.00 bits per heavy atom. The zero-order valence-electron chi connectivity index (χ0n) is 11.9. The predicted octanol–water partition coefficient (Wildman–Crippen LogP) is 0.911. The van der Waals surface area contributed by atoms with Crippen molar-refractivity contribution >= 4 is 17.3 Å². The van der Waals surface area contributed by atoms with Gasteiger partial charge in [-0.15, -0.1) is 0 Å². The lowest BCUT2D eigenvalue weighted by Gasteiger charge is -2.41. The maximum absolute atomic E-state index is 13.3. The van der Waals surface area contributed by atoms with Crippen LogP contribution in [0.25, 0.3) is 0 Å². The van der Waals surface area contributed by atoms with Crippen molar-refractivity contribution in [3.05, 3.63) is 24.0 Å². The zero-order chi connectivity index (χ0) is 14.8. The molecule has 1 saturated heterocycles. The lowest BCUT2D eigenvalue weighted by Crippen LogP contribution is -2.59. The van der Waals surface area contributed by atoms with E-state index in [1.807, 2.05) is 0 Å². The molecule has 0 radical (unpaired) electrons. The Balaban J connectivity index is 2.17. The SMILES string of the molecule is CNc1cc(F)ccc1N1CCC(NC)(C(N)=O)CC1. The molecule has 4 N–H and O–H groups in total. The van der Waals surface area contributed by atoms with E-state index in [-0.39, 0.29) is 11.7 Å². The van der Waals surface area contributed by atoms with Gasteiger partial charge in [0.25, 0.3) is 0 Å². The number of nitrogens with one attached hydrogen (secondary N) is 2. The van der Waals surface area contributed by atoms with Crippen LogP contribution < -0.4 is 21.3 Å². The number of piperidine rings is 1. The second-order valence-corrected chi connectivity index (χ2v) is 5.09. The fourth-order valence-electron chi connectivity index (χ4n) is 2.73. The summed E-state index contributed by atoms with van der Waals surface area (Å²) in [6, 6.07) is 4.69. The number of hydrogen-bond acceptors (Lipinski definition) is 4. The zero-order valence-corrected chi connectivity index (χ0v) is 11.9. The molecular formula is C14H21FN4O. The first-order chi connectivity index (χ1) is 9.52. The Morgan fingerprint density at radius 1 is 1.35 bits per heavy atom. The predicted molar refractivity (Wildman–Crippen MR) is 78.4 cm³/mol. The summed E-state index contributed by atoms with van der Waals surface area (Å²) in [6.45, 7) is 1.40. The molecule has 1 aliphatic rings. The number of benzene rings is 1. The van der Waals surface area contributed by atoms with Crippen molar-refractivity contribution in [2.24, 2.45) is 5.73 Å². The average Bonchev–Trinajstić information content (AvgIpc) is 2.47. The van der Waals surface area contributed by atoms with Crippen molar-refractivity contribution < 1.29 is 9.18 Å². The van der Waals surface area contributed by atoms with Crippen LogP contribution in [0.4, 0.5) is 15.8 Å².